The highest BCUT2D eigenvalue weighted by atomic mass is 35.5. The molecule has 2 bridgehead atoms. The molecule has 2 aromatic rings. The van der Waals surface area contributed by atoms with E-state index in [4.69, 9.17) is 0 Å². The highest BCUT2D eigenvalue weighted by molar-refractivity contribution is 5.85. The topological polar surface area (TPSA) is 12.0 Å². The van der Waals surface area contributed by atoms with Gasteiger partial charge < -0.3 is 5.32 Å². The van der Waals surface area contributed by atoms with E-state index in [1.165, 1.54) is 18.4 Å². The van der Waals surface area contributed by atoms with Crippen LogP contribution in [-0.2, 0) is 12.0 Å². The maximum Gasteiger partial charge on any atom is 0.0218 e. The third kappa shape index (κ3) is 1.74. The number of hydrogen-bond acceptors (Lipinski definition) is 1. The van der Waals surface area contributed by atoms with E-state index in [1.54, 1.807) is 22.3 Å². The molecule has 0 radical (unpaired) electrons. The Hall–Kier alpha value is -1.31. The molecule has 4 rings (SSSR count). The molecule has 2 heteroatoms. The van der Waals surface area contributed by atoms with Crippen molar-refractivity contribution in [3.63, 3.8) is 0 Å². The highest BCUT2D eigenvalue weighted by Crippen LogP contribution is 2.62. The molecule has 0 heterocycles. The Labute approximate surface area is 133 Å². The Bertz CT molecular complexity index is 679. The molecule has 2 aliphatic rings. The summed E-state index contributed by atoms with van der Waals surface area (Å²) in [6.45, 7) is 3.32. The highest BCUT2D eigenvalue weighted by Gasteiger charge is 2.52. The summed E-state index contributed by atoms with van der Waals surface area (Å²) < 4.78 is 0. The van der Waals surface area contributed by atoms with Gasteiger partial charge in [-0.3, -0.25) is 0 Å². The number of nitrogens with one attached hydrogen (secondary N) is 1. The average Bonchev–Trinajstić information content (AvgIpc) is 3.01. The molecule has 1 nitrogen and oxygen atoms in total. The van der Waals surface area contributed by atoms with Gasteiger partial charge in [-0.25, -0.2) is 0 Å². The molecule has 2 aromatic carbocycles. The molecule has 0 aliphatic heterocycles. The molecule has 0 spiro atoms. The van der Waals surface area contributed by atoms with Crippen LogP contribution in [0.25, 0.3) is 0 Å². The fourth-order valence-corrected chi connectivity index (χ4v) is 4.66. The lowest BCUT2D eigenvalue weighted by Gasteiger charge is -2.32. The normalized spacial score (nSPS) is 24.4. The molecule has 21 heavy (non-hydrogen) atoms. The van der Waals surface area contributed by atoms with Crippen molar-refractivity contribution in [1.82, 2.24) is 5.32 Å². The van der Waals surface area contributed by atoms with Crippen LogP contribution in [0.1, 0.15) is 53.5 Å². The maximum atomic E-state index is 3.34. The minimum absolute atomic E-state index is 0. The zero-order valence-corrected chi connectivity index (χ0v) is 13.5. The van der Waals surface area contributed by atoms with Crippen LogP contribution in [-0.4, -0.2) is 7.05 Å². The number of rotatable bonds is 3. The summed E-state index contributed by atoms with van der Waals surface area (Å²) in [6, 6.07) is 16.0. The van der Waals surface area contributed by atoms with Gasteiger partial charge in [0.05, 0.1) is 0 Å². The largest absolute Gasteiger partial charge is 0.316 e. The zero-order chi connectivity index (χ0) is 13.7. The van der Waals surface area contributed by atoms with Crippen molar-refractivity contribution in [3.05, 3.63) is 70.3 Å². The molecular weight excluding hydrogens is 278 g/mol. The van der Waals surface area contributed by atoms with Gasteiger partial charge >= 0.3 is 0 Å². The van der Waals surface area contributed by atoms with Crippen molar-refractivity contribution >= 4 is 12.4 Å². The molecule has 2 unspecified atom stereocenters. The van der Waals surface area contributed by atoms with Crippen LogP contribution in [0.4, 0.5) is 0 Å². The SMILES string of the molecule is CCC12CC(c3ccccc31)c1cccc(CNC)c12.Cl. The van der Waals surface area contributed by atoms with Crippen LogP contribution in [0.5, 0.6) is 0 Å². The molecule has 1 N–H and O–H groups in total. The third-order valence-electron chi connectivity index (χ3n) is 5.41. The lowest BCUT2D eigenvalue weighted by Crippen LogP contribution is -2.25. The number of benzene rings is 2. The summed E-state index contributed by atoms with van der Waals surface area (Å²) in [4.78, 5) is 0. The standard InChI is InChI=1S/C19H21N.ClH/c1-3-19-11-16(14-8-4-5-10-17(14)19)15-9-6-7-13(12-20-2)18(15)19;/h4-10,16,20H,3,11-12H2,1-2H3;1H. The van der Waals surface area contributed by atoms with Crippen molar-refractivity contribution in [2.45, 2.75) is 37.6 Å². The predicted octanol–water partition coefficient (Wildman–Crippen LogP) is 4.37. The molecule has 110 valence electrons. The summed E-state index contributed by atoms with van der Waals surface area (Å²) in [6.07, 6.45) is 2.48. The quantitative estimate of drug-likeness (QED) is 0.887. The first-order valence-corrected chi connectivity index (χ1v) is 7.68. The minimum Gasteiger partial charge on any atom is -0.316 e. The van der Waals surface area contributed by atoms with Crippen LogP contribution in [0.3, 0.4) is 0 Å². The average molecular weight is 300 g/mol. The summed E-state index contributed by atoms with van der Waals surface area (Å²) in [5.41, 5.74) is 8.12. The van der Waals surface area contributed by atoms with Crippen molar-refractivity contribution in [2.24, 2.45) is 0 Å². The van der Waals surface area contributed by atoms with E-state index in [9.17, 15) is 0 Å². The first-order valence-electron chi connectivity index (χ1n) is 7.68. The Morgan fingerprint density at radius 2 is 1.86 bits per heavy atom. The minimum atomic E-state index is 0. The van der Waals surface area contributed by atoms with E-state index in [0.717, 1.165) is 6.54 Å². The van der Waals surface area contributed by atoms with Crippen LogP contribution >= 0.6 is 12.4 Å². The molecule has 0 saturated carbocycles. The van der Waals surface area contributed by atoms with Crippen molar-refractivity contribution < 1.29 is 0 Å². The van der Waals surface area contributed by atoms with Gasteiger partial charge in [-0.2, -0.15) is 0 Å². The van der Waals surface area contributed by atoms with Crippen LogP contribution in [0, 0.1) is 0 Å². The second kappa shape index (κ2) is 5.15. The van der Waals surface area contributed by atoms with Gasteiger partial charge in [0.15, 0.2) is 0 Å². The van der Waals surface area contributed by atoms with Crippen LogP contribution in [0.15, 0.2) is 42.5 Å². The fourth-order valence-electron chi connectivity index (χ4n) is 4.66. The van der Waals surface area contributed by atoms with Gasteiger partial charge in [0.2, 0.25) is 0 Å². The zero-order valence-electron chi connectivity index (χ0n) is 12.6. The van der Waals surface area contributed by atoms with Crippen molar-refractivity contribution in [2.75, 3.05) is 7.05 Å². The summed E-state index contributed by atoms with van der Waals surface area (Å²) in [5.74, 6) is 0.623. The first-order chi connectivity index (χ1) is 9.81. The third-order valence-corrected chi connectivity index (χ3v) is 5.41. The second-order valence-corrected chi connectivity index (χ2v) is 6.19. The fraction of sp³-hybridized carbons (Fsp3) is 0.368. The Balaban J connectivity index is 0.00000132. The second-order valence-electron chi connectivity index (χ2n) is 6.19. The van der Waals surface area contributed by atoms with E-state index in [1.807, 2.05) is 7.05 Å². The molecule has 0 amide bonds. The van der Waals surface area contributed by atoms with E-state index < -0.39 is 0 Å². The molecular formula is C19H22ClN. The molecule has 2 aliphatic carbocycles. The molecule has 2 atom stereocenters. The number of halogens is 1. The Morgan fingerprint density at radius 3 is 2.62 bits per heavy atom. The Kier molecular flexibility index (Phi) is 3.59. The number of hydrogen-bond donors (Lipinski definition) is 1. The van der Waals surface area contributed by atoms with Crippen molar-refractivity contribution in [1.29, 1.82) is 0 Å². The van der Waals surface area contributed by atoms with E-state index in [2.05, 4.69) is 54.7 Å². The first kappa shape index (κ1) is 14.6. The van der Waals surface area contributed by atoms with Crippen molar-refractivity contribution in [3.8, 4) is 0 Å². The van der Waals surface area contributed by atoms with Crippen LogP contribution in [0.2, 0.25) is 0 Å². The molecule has 0 aromatic heterocycles. The van der Waals surface area contributed by atoms with Gasteiger partial charge in [0.25, 0.3) is 0 Å². The molecule has 0 fully saturated rings. The smallest absolute Gasteiger partial charge is 0.0218 e. The van der Waals surface area contributed by atoms with E-state index in [0.29, 0.717) is 5.92 Å². The number of fused-ring (bicyclic) bond motifs is 8. The Morgan fingerprint density at radius 1 is 1.10 bits per heavy atom. The predicted molar refractivity (Wildman–Crippen MR) is 90.4 cm³/mol. The monoisotopic (exact) mass is 299 g/mol. The van der Waals surface area contributed by atoms with Gasteiger partial charge in [0, 0.05) is 17.9 Å². The lowest BCUT2D eigenvalue weighted by atomic mass is 9.71. The lowest BCUT2D eigenvalue weighted by molar-refractivity contribution is 0.507. The van der Waals surface area contributed by atoms with Gasteiger partial charge in [0.1, 0.15) is 0 Å². The maximum absolute atomic E-state index is 3.34. The van der Waals surface area contributed by atoms with E-state index >= 15 is 0 Å². The summed E-state index contributed by atoms with van der Waals surface area (Å²) in [5, 5.41) is 3.34. The molecule has 0 saturated heterocycles. The van der Waals surface area contributed by atoms with Gasteiger partial charge in [-0.15, -0.1) is 12.4 Å². The van der Waals surface area contributed by atoms with Gasteiger partial charge in [-0.05, 0) is 47.7 Å². The summed E-state index contributed by atoms with van der Waals surface area (Å²) >= 11 is 0. The summed E-state index contributed by atoms with van der Waals surface area (Å²) in [7, 11) is 2.04. The van der Waals surface area contributed by atoms with Gasteiger partial charge in [-0.1, -0.05) is 49.4 Å². The van der Waals surface area contributed by atoms with Crippen LogP contribution < -0.4 is 5.32 Å². The van der Waals surface area contributed by atoms with E-state index in [-0.39, 0.29) is 17.8 Å².